The molecule has 1 heterocycles. The minimum Gasteiger partial charge on any atom is -0.490 e. The fourth-order valence-electron chi connectivity index (χ4n) is 2.01. The van der Waals surface area contributed by atoms with Crippen molar-refractivity contribution in [3.8, 4) is 11.5 Å². The van der Waals surface area contributed by atoms with Crippen LogP contribution in [0.4, 0.5) is 0 Å². The third kappa shape index (κ3) is 4.00. The summed E-state index contributed by atoms with van der Waals surface area (Å²) in [6.45, 7) is 8.74. The molecule has 19 heavy (non-hydrogen) atoms. The molecule has 1 unspecified atom stereocenters. The first-order valence-electron chi connectivity index (χ1n) is 6.93. The third-order valence-corrected chi connectivity index (χ3v) is 3.21. The summed E-state index contributed by atoms with van der Waals surface area (Å²) < 4.78 is 11.4. The van der Waals surface area contributed by atoms with Crippen LogP contribution in [0.15, 0.2) is 29.8 Å². The van der Waals surface area contributed by atoms with E-state index in [1.54, 1.807) is 0 Å². The molecule has 1 aromatic rings. The van der Waals surface area contributed by atoms with Crippen molar-refractivity contribution in [2.24, 2.45) is 0 Å². The molecule has 0 aliphatic carbocycles. The van der Waals surface area contributed by atoms with Gasteiger partial charge in [0.1, 0.15) is 0 Å². The van der Waals surface area contributed by atoms with E-state index in [0.29, 0.717) is 6.04 Å². The lowest BCUT2D eigenvalue weighted by Crippen LogP contribution is -2.18. The Hall–Kier alpha value is -1.48. The quantitative estimate of drug-likeness (QED) is 0.842. The van der Waals surface area contributed by atoms with Gasteiger partial charge in [0.25, 0.3) is 0 Å². The molecule has 1 atom stereocenters. The van der Waals surface area contributed by atoms with Gasteiger partial charge in [-0.2, -0.15) is 0 Å². The standard InChI is InChI=1S/C16H23NO2/c1-12(2)7-8-17-13(3)14-5-6-15-16(11-14)19-10-4-9-18-15/h5-7,11,13,17H,4,8-10H2,1-3H3. The van der Waals surface area contributed by atoms with Gasteiger partial charge in [-0.25, -0.2) is 0 Å². The largest absolute Gasteiger partial charge is 0.490 e. The molecule has 0 amide bonds. The van der Waals surface area contributed by atoms with E-state index in [4.69, 9.17) is 9.47 Å². The van der Waals surface area contributed by atoms with Crippen molar-refractivity contribution in [2.45, 2.75) is 33.2 Å². The van der Waals surface area contributed by atoms with Crippen molar-refractivity contribution in [1.29, 1.82) is 0 Å². The Balaban J connectivity index is 2.04. The zero-order chi connectivity index (χ0) is 13.7. The molecule has 0 radical (unpaired) electrons. The van der Waals surface area contributed by atoms with E-state index < -0.39 is 0 Å². The molecule has 1 aliphatic rings. The molecular weight excluding hydrogens is 238 g/mol. The Kier molecular flexibility index (Phi) is 4.86. The zero-order valence-electron chi connectivity index (χ0n) is 12.0. The molecular formula is C16H23NO2. The van der Waals surface area contributed by atoms with Gasteiger partial charge in [-0.1, -0.05) is 17.7 Å². The predicted octanol–water partition coefficient (Wildman–Crippen LogP) is 3.46. The van der Waals surface area contributed by atoms with Gasteiger partial charge in [0.15, 0.2) is 11.5 Å². The lowest BCUT2D eigenvalue weighted by Gasteiger charge is -2.15. The average Bonchev–Trinajstić information content (AvgIpc) is 2.62. The number of fused-ring (bicyclic) bond motifs is 1. The van der Waals surface area contributed by atoms with Crippen LogP contribution in [-0.4, -0.2) is 19.8 Å². The Bertz CT molecular complexity index is 450. The Labute approximate surface area is 115 Å². The average molecular weight is 261 g/mol. The van der Waals surface area contributed by atoms with Crippen LogP contribution in [0.25, 0.3) is 0 Å². The first-order chi connectivity index (χ1) is 9.16. The summed E-state index contributed by atoms with van der Waals surface area (Å²) in [6, 6.07) is 6.50. The van der Waals surface area contributed by atoms with Gasteiger partial charge < -0.3 is 14.8 Å². The smallest absolute Gasteiger partial charge is 0.161 e. The van der Waals surface area contributed by atoms with E-state index >= 15 is 0 Å². The van der Waals surface area contributed by atoms with Gasteiger partial charge in [0.05, 0.1) is 13.2 Å². The number of hydrogen-bond acceptors (Lipinski definition) is 3. The van der Waals surface area contributed by atoms with Crippen LogP contribution in [-0.2, 0) is 0 Å². The van der Waals surface area contributed by atoms with Crippen LogP contribution < -0.4 is 14.8 Å². The van der Waals surface area contributed by atoms with Gasteiger partial charge in [-0.3, -0.25) is 0 Å². The number of rotatable bonds is 4. The number of nitrogens with one attached hydrogen (secondary N) is 1. The SMILES string of the molecule is CC(C)=CCNC(C)c1ccc2c(c1)OCCCO2. The minimum absolute atomic E-state index is 0.299. The molecule has 0 saturated carbocycles. The highest BCUT2D eigenvalue weighted by atomic mass is 16.5. The van der Waals surface area contributed by atoms with Crippen molar-refractivity contribution in [1.82, 2.24) is 5.32 Å². The van der Waals surface area contributed by atoms with E-state index in [2.05, 4.69) is 44.3 Å². The molecule has 0 spiro atoms. The molecule has 0 saturated heterocycles. The summed E-state index contributed by atoms with van der Waals surface area (Å²) in [4.78, 5) is 0. The summed E-state index contributed by atoms with van der Waals surface area (Å²) in [7, 11) is 0. The van der Waals surface area contributed by atoms with E-state index in [1.807, 2.05) is 6.07 Å². The second-order valence-corrected chi connectivity index (χ2v) is 5.17. The second-order valence-electron chi connectivity index (χ2n) is 5.17. The molecule has 104 valence electrons. The molecule has 0 fully saturated rings. The van der Waals surface area contributed by atoms with Crippen LogP contribution in [0.5, 0.6) is 11.5 Å². The Morgan fingerprint density at radius 1 is 1.26 bits per heavy atom. The summed E-state index contributed by atoms with van der Waals surface area (Å²) in [6.07, 6.45) is 3.14. The lowest BCUT2D eigenvalue weighted by molar-refractivity contribution is 0.297. The van der Waals surface area contributed by atoms with E-state index in [9.17, 15) is 0 Å². The fourth-order valence-corrected chi connectivity index (χ4v) is 2.01. The van der Waals surface area contributed by atoms with E-state index in [-0.39, 0.29) is 0 Å². The van der Waals surface area contributed by atoms with Crippen LogP contribution in [0, 0.1) is 0 Å². The van der Waals surface area contributed by atoms with Crippen LogP contribution in [0.3, 0.4) is 0 Å². The third-order valence-electron chi connectivity index (χ3n) is 3.21. The molecule has 1 aromatic carbocycles. The van der Waals surface area contributed by atoms with Crippen molar-refractivity contribution >= 4 is 0 Å². The molecule has 0 bridgehead atoms. The van der Waals surface area contributed by atoms with Gasteiger partial charge in [-0.15, -0.1) is 0 Å². The molecule has 3 nitrogen and oxygen atoms in total. The number of ether oxygens (including phenoxy) is 2. The highest BCUT2D eigenvalue weighted by Crippen LogP contribution is 2.32. The van der Waals surface area contributed by atoms with Gasteiger partial charge >= 0.3 is 0 Å². The maximum absolute atomic E-state index is 5.72. The van der Waals surface area contributed by atoms with Crippen molar-refractivity contribution < 1.29 is 9.47 Å². The van der Waals surface area contributed by atoms with Crippen molar-refractivity contribution in [2.75, 3.05) is 19.8 Å². The summed E-state index contributed by atoms with van der Waals surface area (Å²) in [5.74, 6) is 1.73. The summed E-state index contributed by atoms with van der Waals surface area (Å²) in [5.41, 5.74) is 2.56. The van der Waals surface area contributed by atoms with Gasteiger partial charge in [0, 0.05) is 19.0 Å². The monoisotopic (exact) mass is 261 g/mol. The molecule has 0 aromatic heterocycles. The van der Waals surface area contributed by atoms with Crippen LogP contribution >= 0.6 is 0 Å². The van der Waals surface area contributed by atoms with Crippen LogP contribution in [0.2, 0.25) is 0 Å². The number of allylic oxidation sites excluding steroid dienone is 1. The topological polar surface area (TPSA) is 30.5 Å². The summed E-state index contributed by atoms with van der Waals surface area (Å²) in [5, 5.41) is 3.48. The maximum atomic E-state index is 5.72. The van der Waals surface area contributed by atoms with Crippen molar-refractivity contribution in [3.63, 3.8) is 0 Å². The van der Waals surface area contributed by atoms with Crippen molar-refractivity contribution in [3.05, 3.63) is 35.4 Å². The highest BCUT2D eigenvalue weighted by Gasteiger charge is 2.13. The Morgan fingerprint density at radius 3 is 2.74 bits per heavy atom. The second kappa shape index (κ2) is 6.62. The first-order valence-corrected chi connectivity index (χ1v) is 6.93. The van der Waals surface area contributed by atoms with Crippen LogP contribution in [0.1, 0.15) is 38.8 Å². The highest BCUT2D eigenvalue weighted by molar-refractivity contribution is 5.44. The Morgan fingerprint density at radius 2 is 2.00 bits per heavy atom. The maximum Gasteiger partial charge on any atom is 0.161 e. The molecule has 2 rings (SSSR count). The van der Waals surface area contributed by atoms with E-state index in [0.717, 1.165) is 37.7 Å². The molecule has 3 heteroatoms. The predicted molar refractivity (Wildman–Crippen MR) is 77.9 cm³/mol. The molecule has 1 aliphatic heterocycles. The first kappa shape index (κ1) is 13.9. The minimum atomic E-state index is 0.299. The normalized spacial score (nSPS) is 15.5. The van der Waals surface area contributed by atoms with Gasteiger partial charge in [0.2, 0.25) is 0 Å². The van der Waals surface area contributed by atoms with Gasteiger partial charge in [-0.05, 0) is 38.5 Å². The molecule has 1 N–H and O–H groups in total. The zero-order valence-corrected chi connectivity index (χ0v) is 12.0. The lowest BCUT2D eigenvalue weighted by atomic mass is 10.1. The summed E-state index contributed by atoms with van der Waals surface area (Å²) >= 11 is 0. The number of benzene rings is 1. The van der Waals surface area contributed by atoms with E-state index in [1.165, 1.54) is 11.1 Å². The number of hydrogen-bond donors (Lipinski definition) is 1. The fraction of sp³-hybridized carbons (Fsp3) is 0.500.